The molecule has 4 rings (SSSR count). The summed E-state index contributed by atoms with van der Waals surface area (Å²) in [7, 11) is 1.05. The van der Waals surface area contributed by atoms with E-state index in [1.165, 1.54) is 23.3 Å². The molecule has 0 amide bonds. The van der Waals surface area contributed by atoms with Crippen LogP contribution < -0.4 is 9.90 Å². The number of alkyl halides is 5. The van der Waals surface area contributed by atoms with Crippen molar-refractivity contribution >= 4 is 17.4 Å². The molecule has 2 aromatic carbocycles. The topological polar surface area (TPSA) is 60.4 Å². The van der Waals surface area contributed by atoms with Crippen LogP contribution in [0.15, 0.2) is 41.6 Å². The van der Waals surface area contributed by atoms with Crippen LogP contribution in [0.3, 0.4) is 0 Å². The van der Waals surface area contributed by atoms with E-state index < -0.39 is 36.1 Å². The fraction of sp³-hybridized carbons (Fsp3) is 0.300. The summed E-state index contributed by atoms with van der Waals surface area (Å²) in [4.78, 5) is 21.7. The third-order valence-corrected chi connectivity index (χ3v) is 4.61. The number of aryl methyl sites for hydroxylation is 1. The molecule has 2 aliphatic heterocycles. The molecule has 1 unspecified atom stereocenters. The maximum Gasteiger partial charge on any atom is 0.416 e. The second kappa shape index (κ2) is 8.40. The maximum absolute atomic E-state index is 13.1. The summed E-state index contributed by atoms with van der Waals surface area (Å²) in [5.74, 6) is -0.919. The molecule has 0 spiro atoms. The summed E-state index contributed by atoms with van der Waals surface area (Å²) in [6.07, 6.45) is -4.50. The molecule has 2 aliphatic rings. The van der Waals surface area contributed by atoms with Crippen LogP contribution in [0.25, 0.3) is 0 Å². The van der Waals surface area contributed by atoms with Gasteiger partial charge in [-0.2, -0.15) is 22.0 Å². The number of nitrogens with zero attached hydrogens (tertiary/aromatic N) is 2. The number of anilines is 1. The van der Waals surface area contributed by atoms with Gasteiger partial charge in [-0.15, -0.1) is 0 Å². The minimum atomic E-state index is -4.50. The summed E-state index contributed by atoms with van der Waals surface area (Å²) in [6, 6.07) is 7.25. The molecule has 2 bridgehead atoms. The number of halogens is 5. The Hall–Kier alpha value is -3.37. The maximum atomic E-state index is 13.1. The summed E-state index contributed by atoms with van der Waals surface area (Å²) in [5.41, 5.74) is -0.0259. The van der Waals surface area contributed by atoms with E-state index in [0.717, 1.165) is 19.2 Å². The van der Waals surface area contributed by atoms with Crippen LogP contribution in [0.1, 0.15) is 35.2 Å². The molecule has 0 saturated heterocycles. The van der Waals surface area contributed by atoms with E-state index in [0.29, 0.717) is 16.8 Å². The lowest BCUT2D eigenvalue weighted by atomic mass is 10.00. The standard InChI is InChI=1S/C20H17F5N2O4/c1-10-7-14-9-15(16(18(28)29-3)26-30-19(21)22)17(10)31-27(14)11(2)12-5-4-6-13(8-12)20(23,24)25/h4-9,11,19H,1-3H3. The van der Waals surface area contributed by atoms with Crippen molar-refractivity contribution in [3.8, 4) is 5.75 Å². The van der Waals surface area contributed by atoms with Crippen LogP contribution in [0.2, 0.25) is 0 Å². The number of carbonyl (C=O) groups excluding carboxylic acids is 1. The molecule has 0 N–H and O–H groups in total. The molecule has 2 aromatic rings. The van der Waals surface area contributed by atoms with Crippen molar-refractivity contribution in [1.29, 1.82) is 0 Å². The number of fused-ring (bicyclic) bond motifs is 3. The second-order valence-corrected chi connectivity index (χ2v) is 6.65. The summed E-state index contributed by atoms with van der Waals surface area (Å²) < 4.78 is 68.6. The molecule has 2 heterocycles. The number of methoxy groups -OCH3 is 1. The van der Waals surface area contributed by atoms with E-state index in [2.05, 4.69) is 14.7 Å². The predicted octanol–water partition coefficient (Wildman–Crippen LogP) is 5.01. The first-order valence-corrected chi connectivity index (χ1v) is 8.92. The van der Waals surface area contributed by atoms with Crippen LogP contribution in [0.5, 0.6) is 5.75 Å². The highest BCUT2D eigenvalue weighted by Gasteiger charge is 2.34. The Morgan fingerprint density at radius 2 is 1.90 bits per heavy atom. The Labute approximate surface area is 173 Å². The zero-order valence-electron chi connectivity index (χ0n) is 16.5. The van der Waals surface area contributed by atoms with Crippen molar-refractivity contribution in [1.82, 2.24) is 0 Å². The fourth-order valence-electron chi connectivity index (χ4n) is 3.13. The van der Waals surface area contributed by atoms with E-state index in [9.17, 15) is 26.7 Å². The molecule has 6 nitrogen and oxygen atoms in total. The highest BCUT2D eigenvalue weighted by atomic mass is 19.4. The molecule has 31 heavy (non-hydrogen) atoms. The van der Waals surface area contributed by atoms with E-state index >= 15 is 0 Å². The first kappa shape index (κ1) is 22.3. The van der Waals surface area contributed by atoms with Gasteiger partial charge in [0.1, 0.15) is 0 Å². The van der Waals surface area contributed by atoms with Crippen molar-refractivity contribution < 1.29 is 41.2 Å². The Bertz CT molecular complexity index is 1020. The van der Waals surface area contributed by atoms with Crippen molar-refractivity contribution in [3.05, 3.63) is 58.7 Å². The average molecular weight is 444 g/mol. The third kappa shape index (κ3) is 4.54. The van der Waals surface area contributed by atoms with Crippen LogP contribution in [-0.2, 0) is 20.5 Å². The molecule has 166 valence electrons. The quantitative estimate of drug-likeness (QED) is 0.272. The molecule has 0 radical (unpaired) electrons. The van der Waals surface area contributed by atoms with Crippen molar-refractivity contribution in [3.63, 3.8) is 0 Å². The number of ether oxygens (including phenoxy) is 1. The fourth-order valence-corrected chi connectivity index (χ4v) is 3.13. The van der Waals surface area contributed by atoms with Crippen molar-refractivity contribution in [2.45, 2.75) is 32.7 Å². The Kier molecular flexibility index (Phi) is 6.05. The number of rotatable bonds is 6. The summed E-state index contributed by atoms with van der Waals surface area (Å²) in [6.45, 7) is 0.0290. The van der Waals surface area contributed by atoms with Crippen molar-refractivity contribution in [2.24, 2.45) is 5.16 Å². The minimum Gasteiger partial charge on any atom is -0.464 e. The lowest BCUT2D eigenvalue weighted by Crippen LogP contribution is -2.36. The number of benzene rings is 2. The third-order valence-electron chi connectivity index (χ3n) is 4.61. The van der Waals surface area contributed by atoms with Crippen LogP contribution in [-0.4, -0.2) is 25.4 Å². The molecule has 0 aliphatic carbocycles. The normalized spacial score (nSPS) is 14.5. The molecule has 0 saturated carbocycles. The van der Waals surface area contributed by atoms with Crippen LogP contribution >= 0.6 is 0 Å². The van der Waals surface area contributed by atoms with Crippen molar-refractivity contribution in [2.75, 3.05) is 12.2 Å². The Balaban J connectivity index is 1.99. The molecular weight excluding hydrogens is 427 g/mol. The lowest BCUT2D eigenvalue weighted by Gasteiger charge is -2.36. The van der Waals surface area contributed by atoms with E-state index in [1.54, 1.807) is 19.9 Å². The van der Waals surface area contributed by atoms with Gasteiger partial charge >= 0.3 is 18.8 Å². The number of oxime groups is 1. The highest BCUT2D eigenvalue weighted by molar-refractivity contribution is 6.44. The SMILES string of the molecule is COC(=O)C(=NOC(F)F)c1cc2cc(C)c1ON2C(C)c1cccc(C(F)(F)F)c1. The van der Waals surface area contributed by atoms with E-state index in [-0.39, 0.29) is 11.3 Å². The number of hydrogen-bond acceptors (Lipinski definition) is 6. The van der Waals surface area contributed by atoms with Gasteiger partial charge in [0.25, 0.3) is 0 Å². The van der Waals surface area contributed by atoms with Crippen LogP contribution in [0.4, 0.5) is 27.6 Å². The van der Waals surface area contributed by atoms with Gasteiger partial charge in [0.2, 0.25) is 0 Å². The predicted molar refractivity (Wildman–Crippen MR) is 99.8 cm³/mol. The number of carbonyl (C=O) groups is 1. The van der Waals surface area contributed by atoms with Gasteiger partial charge in [0, 0.05) is 0 Å². The minimum absolute atomic E-state index is 0.0509. The first-order valence-electron chi connectivity index (χ1n) is 8.92. The van der Waals surface area contributed by atoms with E-state index in [1.807, 2.05) is 0 Å². The van der Waals surface area contributed by atoms with E-state index in [4.69, 9.17) is 4.84 Å². The average Bonchev–Trinajstić information content (AvgIpc) is 2.72. The van der Waals surface area contributed by atoms with Gasteiger partial charge in [-0.3, -0.25) is 0 Å². The monoisotopic (exact) mass is 444 g/mol. The first-order chi connectivity index (χ1) is 14.5. The number of hydroxylamine groups is 1. The number of esters is 1. The summed E-state index contributed by atoms with van der Waals surface area (Å²) in [5, 5.41) is 4.53. The van der Waals surface area contributed by atoms with Gasteiger partial charge in [0.05, 0.1) is 30.0 Å². The molecule has 0 aromatic heterocycles. The van der Waals surface area contributed by atoms with Gasteiger partial charge in [-0.1, -0.05) is 17.3 Å². The Morgan fingerprint density at radius 1 is 1.19 bits per heavy atom. The molecule has 1 atom stereocenters. The zero-order chi connectivity index (χ0) is 22.9. The molecule has 0 fully saturated rings. The second-order valence-electron chi connectivity index (χ2n) is 6.65. The zero-order valence-corrected chi connectivity index (χ0v) is 16.5. The summed E-state index contributed by atoms with van der Waals surface area (Å²) >= 11 is 0. The van der Waals surface area contributed by atoms with Gasteiger partial charge in [0.15, 0.2) is 11.5 Å². The van der Waals surface area contributed by atoms with Gasteiger partial charge in [-0.25, -0.2) is 9.86 Å². The lowest BCUT2D eigenvalue weighted by molar-refractivity contribution is -0.138. The van der Waals surface area contributed by atoms with Gasteiger partial charge < -0.3 is 14.4 Å². The molecular formula is C20H17F5N2O4. The smallest absolute Gasteiger partial charge is 0.416 e. The Morgan fingerprint density at radius 3 is 2.48 bits per heavy atom. The van der Waals surface area contributed by atoms with Gasteiger partial charge in [-0.05, 0) is 49.2 Å². The van der Waals surface area contributed by atoms with Crippen LogP contribution in [0, 0.1) is 6.92 Å². The largest absolute Gasteiger partial charge is 0.464 e. The highest BCUT2D eigenvalue weighted by Crippen LogP contribution is 2.41. The molecule has 11 heteroatoms. The number of hydrogen-bond donors (Lipinski definition) is 0.